The first kappa shape index (κ1) is 22.0. The third kappa shape index (κ3) is 4.83. The van der Waals surface area contributed by atoms with Crippen LogP contribution in [-0.4, -0.2) is 76.6 Å². The Morgan fingerprint density at radius 3 is 1.57 bits per heavy atom. The summed E-state index contributed by atoms with van der Waals surface area (Å²) in [5.41, 5.74) is 0. The molecular weight excluding hydrogens is 488 g/mol. The van der Waals surface area contributed by atoms with Gasteiger partial charge in [0.1, 0.15) is 20.5 Å². The fourth-order valence-electron chi connectivity index (χ4n) is 2.05. The molecule has 0 spiro atoms. The molecule has 4 heterocycles. The number of rotatable bonds is 10. The third-order valence-electron chi connectivity index (χ3n) is 3.43. The third-order valence-corrected chi connectivity index (χ3v) is 3.43. The smallest absolute Gasteiger partial charge is 0.507 e. The van der Waals surface area contributed by atoms with Crippen LogP contribution in [0.15, 0.2) is 32.4 Å². The topological polar surface area (TPSA) is 326 Å². The van der Waals surface area contributed by atoms with Crippen molar-refractivity contribution < 1.29 is 28.8 Å². The van der Waals surface area contributed by atoms with Crippen molar-refractivity contribution in [3.05, 3.63) is 43.3 Å². The van der Waals surface area contributed by atoms with Crippen molar-refractivity contribution in [2.75, 3.05) is 17.3 Å². The normalized spacial score (nSPS) is 12.0. The Bertz CT molecular complexity index is 1320. The van der Waals surface area contributed by atoms with Crippen LogP contribution in [0.3, 0.4) is 0 Å². The fourth-order valence-corrected chi connectivity index (χ4v) is 2.05. The van der Waals surface area contributed by atoms with Crippen molar-refractivity contribution in [1.29, 1.82) is 0 Å². The molecule has 0 saturated carbocycles. The van der Waals surface area contributed by atoms with Gasteiger partial charge >= 0.3 is 23.5 Å². The minimum Gasteiger partial charge on any atom is -0.721 e. The fraction of sp³-hybridized carbons (Fsp3) is 0.111. The van der Waals surface area contributed by atoms with Crippen molar-refractivity contribution in [3.63, 3.8) is 0 Å². The molecule has 0 aliphatic heterocycles. The van der Waals surface area contributed by atoms with Crippen LogP contribution in [0.5, 0.6) is 0 Å². The van der Waals surface area contributed by atoms with Crippen molar-refractivity contribution >= 4 is 35.2 Å². The molecule has 26 nitrogen and oxygen atoms in total. The molecule has 0 aliphatic rings. The Hall–Kier alpha value is -6.24. The van der Waals surface area contributed by atoms with E-state index in [-0.39, 0.29) is 28.0 Å². The first-order valence-corrected chi connectivity index (χ1v) is 8.45. The largest absolute Gasteiger partial charge is 0.721 e. The molecule has 35 heavy (non-hydrogen) atoms. The maximum absolute atomic E-state index is 12.1. The molecule has 26 heteroatoms. The van der Waals surface area contributed by atoms with E-state index in [1.54, 1.807) is 0 Å². The molecule has 0 radical (unpaired) electrons. The van der Waals surface area contributed by atoms with Gasteiger partial charge in [-0.25, -0.2) is 0 Å². The van der Waals surface area contributed by atoms with E-state index >= 15 is 0 Å². The van der Waals surface area contributed by atoms with Crippen LogP contribution in [0, 0.1) is 30.6 Å². The maximum Gasteiger partial charge on any atom is 0.507 e. The monoisotopic (exact) mass is 494 g/mol. The zero-order valence-electron chi connectivity index (χ0n) is 16.3. The van der Waals surface area contributed by atoms with Gasteiger partial charge in [-0.15, -0.1) is 9.72 Å². The summed E-state index contributed by atoms with van der Waals surface area (Å²) < 4.78 is 8.91. The standard InChI is InChI=1S/C9H6N18O8/c28-24(20-22-2-12-8(14-22)26(30)31)6-4(16-34-18-6)10-1-11-5-7(19-35-17-5)25(29)21-23-3-13-9(15-23)27(32)33/h2-3H,1H2,(H,10,16)(H,11,17). The van der Waals surface area contributed by atoms with Crippen molar-refractivity contribution in [2.24, 2.45) is 10.4 Å². The van der Waals surface area contributed by atoms with Gasteiger partial charge in [0.05, 0.1) is 26.7 Å². The molecule has 180 valence electrons. The van der Waals surface area contributed by atoms with Crippen LogP contribution in [0.25, 0.3) is 0 Å². The minimum atomic E-state index is -0.892. The average molecular weight is 494 g/mol. The van der Waals surface area contributed by atoms with Gasteiger partial charge in [0, 0.05) is 0 Å². The number of nitro groups is 2. The van der Waals surface area contributed by atoms with Gasteiger partial charge in [-0.3, -0.25) is 0 Å². The number of nitrogens with zero attached hydrogens (tertiary/aromatic N) is 16. The lowest BCUT2D eigenvalue weighted by Gasteiger charge is -2.06. The van der Waals surface area contributed by atoms with E-state index in [9.17, 15) is 30.6 Å². The van der Waals surface area contributed by atoms with E-state index in [1.165, 1.54) is 0 Å². The molecule has 0 fully saturated rings. The van der Waals surface area contributed by atoms with Gasteiger partial charge in [-0.2, -0.15) is 9.26 Å². The Balaban J connectivity index is 1.41. The Morgan fingerprint density at radius 1 is 0.771 bits per heavy atom. The van der Waals surface area contributed by atoms with Gasteiger partial charge in [-0.05, 0) is 30.1 Å². The van der Waals surface area contributed by atoms with Gasteiger partial charge in [-0.1, -0.05) is 0 Å². The number of aromatic nitrogens is 10. The Kier molecular flexibility index (Phi) is 5.71. The van der Waals surface area contributed by atoms with E-state index in [0.29, 0.717) is 9.58 Å². The molecule has 0 saturated heterocycles. The van der Waals surface area contributed by atoms with Crippen LogP contribution in [0.2, 0.25) is 0 Å². The lowest BCUT2D eigenvalue weighted by atomic mass is 10.6. The summed E-state index contributed by atoms with van der Waals surface area (Å²) in [6.45, 7) is -0.270. The molecule has 0 aliphatic carbocycles. The predicted molar refractivity (Wildman–Crippen MR) is 96.3 cm³/mol. The highest BCUT2D eigenvalue weighted by atomic mass is 16.6. The van der Waals surface area contributed by atoms with E-state index in [4.69, 9.17) is 0 Å². The highest BCUT2D eigenvalue weighted by molar-refractivity contribution is 5.52. The van der Waals surface area contributed by atoms with Gasteiger partial charge in [0.2, 0.25) is 0 Å². The van der Waals surface area contributed by atoms with E-state index in [0.717, 1.165) is 12.7 Å². The summed E-state index contributed by atoms with van der Waals surface area (Å²) in [5, 5.41) is 77.5. The molecule has 0 aromatic carbocycles. The van der Waals surface area contributed by atoms with Crippen LogP contribution in [-0.2, 0) is 0 Å². The van der Waals surface area contributed by atoms with E-state index < -0.39 is 33.4 Å². The summed E-state index contributed by atoms with van der Waals surface area (Å²) >= 11 is 0. The van der Waals surface area contributed by atoms with E-state index in [1.807, 2.05) is 0 Å². The predicted octanol–water partition coefficient (Wildman–Crippen LogP) is -0.952. The maximum atomic E-state index is 12.1. The van der Waals surface area contributed by atoms with Gasteiger partial charge in [0.15, 0.2) is 0 Å². The summed E-state index contributed by atoms with van der Waals surface area (Å²) in [6.07, 6.45) is 1.61. The zero-order chi connectivity index (χ0) is 24.9. The molecule has 4 aromatic heterocycles. The molecule has 0 unspecified atom stereocenters. The minimum absolute atomic E-state index is 0.115. The van der Waals surface area contributed by atoms with Crippen LogP contribution >= 0.6 is 0 Å². The van der Waals surface area contributed by atoms with Crippen LogP contribution in [0.1, 0.15) is 0 Å². The summed E-state index contributed by atoms with van der Waals surface area (Å²) in [6, 6.07) is 0. The summed E-state index contributed by atoms with van der Waals surface area (Å²) in [5.74, 6) is -3.08. The number of hydrogen-bond donors (Lipinski definition) is 2. The van der Waals surface area contributed by atoms with Crippen molar-refractivity contribution in [2.45, 2.75) is 0 Å². The second-order valence-electron chi connectivity index (χ2n) is 5.57. The Labute approximate surface area is 186 Å². The second-order valence-corrected chi connectivity index (χ2v) is 5.57. The molecule has 2 N–H and O–H groups in total. The lowest BCUT2D eigenvalue weighted by Crippen LogP contribution is -2.14. The molecule has 0 bridgehead atoms. The molecule has 0 amide bonds. The number of nitrogens with one attached hydrogen (secondary N) is 2. The van der Waals surface area contributed by atoms with Gasteiger partial charge in [0.25, 0.3) is 24.3 Å². The lowest BCUT2D eigenvalue weighted by molar-refractivity contribution is -0.453. The molecule has 4 aromatic rings. The number of anilines is 2. The first-order chi connectivity index (χ1) is 16.8. The zero-order valence-corrected chi connectivity index (χ0v) is 16.3. The summed E-state index contributed by atoms with van der Waals surface area (Å²) in [7, 11) is 0. The SMILES string of the molecule is O=[N+]([O-])c1ncn(N=[N+]([O-])c2nonc2NCNc2nonc2[N+]([O-])=Nn2cnc([N+](=O)[O-])n2)n1. The summed E-state index contributed by atoms with van der Waals surface area (Å²) in [4.78, 5) is 26.8. The second kappa shape index (κ2) is 9.09. The highest BCUT2D eigenvalue weighted by Gasteiger charge is 2.23. The quantitative estimate of drug-likeness (QED) is 0.0881. The molecule has 4 rings (SSSR count). The van der Waals surface area contributed by atoms with Crippen molar-refractivity contribution in [3.8, 4) is 0 Å². The van der Waals surface area contributed by atoms with Crippen LogP contribution in [0.4, 0.5) is 35.2 Å². The Morgan fingerprint density at radius 2 is 1.20 bits per heavy atom. The average Bonchev–Trinajstić information content (AvgIpc) is 3.60. The number of hydrogen-bond acceptors (Lipinski definition) is 20. The highest BCUT2D eigenvalue weighted by Crippen LogP contribution is 2.21. The van der Waals surface area contributed by atoms with Crippen molar-refractivity contribution in [1.82, 2.24) is 50.4 Å². The molecule has 0 atom stereocenters. The van der Waals surface area contributed by atoms with Crippen LogP contribution < -0.4 is 10.6 Å². The van der Waals surface area contributed by atoms with Gasteiger partial charge < -0.3 is 41.3 Å². The van der Waals surface area contributed by atoms with E-state index in [2.05, 4.69) is 71.1 Å². The first-order valence-electron chi connectivity index (χ1n) is 8.45. The molecular formula is C9H6N18O8.